The zero-order valence-corrected chi connectivity index (χ0v) is 30.0. The van der Waals surface area contributed by atoms with Crippen molar-refractivity contribution in [1.29, 1.82) is 5.26 Å². The molecule has 6 aliphatic rings. The van der Waals surface area contributed by atoms with Crippen LogP contribution in [0.5, 0.6) is 5.75 Å². The number of nitrogens with zero attached hydrogens (tertiary/aromatic N) is 4. The highest BCUT2D eigenvalue weighted by Crippen LogP contribution is 2.57. The lowest BCUT2D eigenvalue weighted by Crippen LogP contribution is -2.81. The van der Waals surface area contributed by atoms with Gasteiger partial charge in [0, 0.05) is 50.2 Å². The van der Waals surface area contributed by atoms with Crippen molar-refractivity contribution < 1.29 is 23.8 Å². The van der Waals surface area contributed by atoms with E-state index in [2.05, 4.69) is 40.1 Å². The molecule has 8 atom stereocenters. The van der Waals surface area contributed by atoms with Crippen molar-refractivity contribution in [3.8, 4) is 11.8 Å². The van der Waals surface area contributed by atoms with Crippen LogP contribution < -0.4 is 15.4 Å². The van der Waals surface area contributed by atoms with Crippen molar-refractivity contribution in [2.45, 2.75) is 119 Å². The van der Waals surface area contributed by atoms with E-state index in [9.17, 15) is 10.1 Å². The van der Waals surface area contributed by atoms with Crippen molar-refractivity contribution in [1.82, 2.24) is 25.3 Å². The third kappa shape index (κ3) is 6.41. The molecule has 2 aliphatic carbocycles. The highest BCUT2D eigenvalue weighted by atomic mass is 16.5. The number of methoxy groups -OCH3 is 1. The first-order valence-electron chi connectivity index (χ1n) is 19.1. The van der Waals surface area contributed by atoms with Crippen molar-refractivity contribution in [2.75, 3.05) is 46.9 Å². The summed E-state index contributed by atoms with van der Waals surface area (Å²) in [7, 11) is 3.88. The molecule has 0 aromatic heterocycles. The number of rotatable bonds is 8. The molecular formula is C39H56N6O5. The molecule has 272 valence electrons. The van der Waals surface area contributed by atoms with Gasteiger partial charge in [0.1, 0.15) is 5.75 Å². The molecule has 5 fully saturated rings. The van der Waals surface area contributed by atoms with Gasteiger partial charge in [-0.3, -0.25) is 25.1 Å². The Labute approximate surface area is 297 Å². The summed E-state index contributed by atoms with van der Waals surface area (Å²) >= 11 is 0. The highest BCUT2D eigenvalue weighted by molar-refractivity contribution is 5.95. The molecular weight excluding hydrogens is 632 g/mol. The number of carbonyl (C=O) groups excluding carboxylic acids is 2. The number of carbonyl (C=O) groups is 2. The van der Waals surface area contributed by atoms with Crippen LogP contribution in [0.4, 0.5) is 0 Å². The number of likely N-dealkylation sites (tertiary alicyclic amines) is 1. The molecule has 11 heteroatoms. The zero-order valence-electron chi connectivity index (χ0n) is 30.0. The Bertz CT molecular complexity index is 1440. The number of amides is 1. The maximum Gasteiger partial charge on any atom is 0.246 e. The Morgan fingerprint density at radius 3 is 2.60 bits per heavy atom. The van der Waals surface area contributed by atoms with Gasteiger partial charge in [0.05, 0.1) is 43.5 Å². The van der Waals surface area contributed by atoms with Crippen LogP contribution in [0.3, 0.4) is 0 Å². The molecule has 50 heavy (non-hydrogen) atoms. The summed E-state index contributed by atoms with van der Waals surface area (Å²) in [5.74, 6) is 0.987. The van der Waals surface area contributed by atoms with E-state index in [4.69, 9.17) is 14.2 Å². The molecule has 4 heterocycles. The second-order valence-electron chi connectivity index (χ2n) is 15.6. The molecule has 4 aliphatic heterocycles. The second-order valence-corrected chi connectivity index (χ2v) is 15.6. The fourth-order valence-corrected chi connectivity index (χ4v) is 10.5. The third-order valence-electron chi connectivity index (χ3n) is 13.1. The minimum atomic E-state index is -1.02. The van der Waals surface area contributed by atoms with E-state index in [1.54, 1.807) is 12.0 Å². The fourth-order valence-electron chi connectivity index (χ4n) is 10.5. The van der Waals surface area contributed by atoms with Crippen molar-refractivity contribution >= 4 is 11.7 Å². The number of hydrogen-bond donors (Lipinski definition) is 2. The Balaban J connectivity index is 1.28. The minimum absolute atomic E-state index is 0.0941. The third-order valence-corrected chi connectivity index (χ3v) is 13.1. The van der Waals surface area contributed by atoms with Crippen LogP contribution in [0.2, 0.25) is 0 Å². The summed E-state index contributed by atoms with van der Waals surface area (Å²) in [6, 6.07) is 9.85. The standard InChI is InChI=1S/C39H56N6O5/c1-4-33(46)45-23-22-44(25-28(45)17-20-40)36-39(27-12-7-5-6-8-13-27)19-18-38(24-32(48-3)30-15-9-10-16-31(30)50-38)35(47)34(39)41-37(42-36)49-26-29-14-11-21-43(29)2/h4,9-10,15-16,27-29,32,34,36-37,41-42H,1,5-8,11-14,17-19,21-26H2,2-3H3/t28?,29?,32?,34?,36?,37?,38-,39?/m1/s1. The molecule has 1 spiro atoms. The van der Waals surface area contributed by atoms with Crippen molar-refractivity contribution in [2.24, 2.45) is 11.3 Å². The highest BCUT2D eigenvalue weighted by Gasteiger charge is 2.66. The average molecular weight is 689 g/mol. The smallest absolute Gasteiger partial charge is 0.246 e. The summed E-state index contributed by atoms with van der Waals surface area (Å²) in [5, 5.41) is 17.6. The number of nitriles is 1. The monoisotopic (exact) mass is 688 g/mol. The van der Waals surface area contributed by atoms with Gasteiger partial charge in [0.2, 0.25) is 5.91 Å². The van der Waals surface area contributed by atoms with Gasteiger partial charge in [0.25, 0.3) is 0 Å². The molecule has 0 radical (unpaired) electrons. The lowest BCUT2D eigenvalue weighted by atomic mass is 9.54. The van der Waals surface area contributed by atoms with Crippen molar-refractivity contribution in [3.05, 3.63) is 42.5 Å². The normalized spacial score (nSPS) is 37.0. The summed E-state index contributed by atoms with van der Waals surface area (Å²) < 4.78 is 19.6. The van der Waals surface area contributed by atoms with Gasteiger partial charge in [-0.15, -0.1) is 0 Å². The molecule has 1 aromatic rings. The van der Waals surface area contributed by atoms with Crippen molar-refractivity contribution in [3.63, 3.8) is 0 Å². The molecule has 11 nitrogen and oxygen atoms in total. The van der Waals surface area contributed by atoms with Gasteiger partial charge in [-0.1, -0.05) is 50.5 Å². The number of nitrogens with one attached hydrogen (secondary N) is 2. The van der Waals surface area contributed by atoms with Gasteiger partial charge in [0.15, 0.2) is 17.7 Å². The Morgan fingerprint density at radius 2 is 1.88 bits per heavy atom. The molecule has 2 N–H and O–H groups in total. The van der Waals surface area contributed by atoms with Gasteiger partial charge >= 0.3 is 0 Å². The maximum absolute atomic E-state index is 15.5. The number of likely N-dealkylation sites (N-methyl/N-ethyl adjacent to an activating group) is 1. The Hall–Kier alpha value is -2.85. The number of ketones is 1. The van der Waals surface area contributed by atoms with E-state index >= 15 is 4.79 Å². The van der Waals surface area contributed by atoms with E-state index in [1.807, 2.05) is 24.3 Å². The molecule has 2 saturated carbocycles. The molecule has 3 saturated heterocycles. The summed E-state index contributed by atoms with van der Waals surface area (Å²) in [6.07, 6.45) is 11.6. The first-order valence-corrected chi connectivity index (χ1v) is 19.1. The largest absolute Gasteiger partial charge is 0.479 e. The van der Waals surface area contributed by atoms with Crippen LogP contribution >= 0.6 is 0 Å². The minimum Gasteiger partial charge on any atom is -0.479 e. The topological polar surface area (TPSA) is 119 Å². The van der Waals surface area contributed by atoms with Crippen LogP contribution in [-0.2, 0) is 19.1 Å². The lowest BCUT2D eigenvalue weighted by Gasteiger charge is -2.63. The van der Waals surface area contributed by atoms with E-state index in [1.165, 1.54) is 18.9 Å². The van der Waals surface area contributed by atoms with Crippen LogP contribution in [0.15, 0.2) is 36.9 Å². The lowest BCUT2D eigenvalue weighted by molar-refractivity contribution is -0.193. The van der Waals surface area contributed by atoms with Crippen LogP contribution in [0.25, 0.3) is 0 Å². The molecule has 7 unspecified atom stereocenters. The van der Waals surface area contributed by atoms with Crippen LogP contribution in [-0.4, -0.2) is 110 Å². The Morgan fingerprint density at radius 1 is 1.08 bits per heavy atom. The average Bonchev–Trinajstić information content (AvgIpc) is 3.36. The quantitative estimate of drug-likeness (QED) is 0.305. The van der Waals surface area contributed by atoms with Gasteiger partial charge < -0.3 is 24.0 Å². The number of Topliss-reactive ketones (excluding diaryl/α,β-unsaturated/α-hetero) is 1. The first kappa shape index (κ1) is 35.5. The van der Waals surface area contributed by atoms with E-state index in [-0.39, 0.29) is 36.4 Å². The molecule has 1 amide bonds. The number of piperazine rings is 1. The predicted molar refractivity (Wildman–Crippen MR) is 189 cm³/mol. The zero-order chi connectivity index (χ0) is 34.9. The number of fused-ring (bicyclic) bond motifs is 2. The first-order chi connectivity index (χ1) is 24.3. The summed E-state index contributed by atoms with van der Waals surface area (Å²) in [5.41, 5.74) is -0.471. The van der Waals surface area contributed by atoms with E-state index in [0.717, 1.165) is 62.8 Å². The Kier molecular flexibility index (Phi) is 10.7. The predicted octanol–water partition coefficient (Wildman–Crippen LogP) is 4.11. The molecule has 7 rings (SSSR count). The SMILES string of the molecule is C=CC(=O)N1CCN(C2NC(OCC3CCCN3C)NC3C(=O)[C@@]4(CCC32C2CCCCCC2)CC(OC)c2ccccc2O4)CC1CC#N. The summed E-state index contributed by atoms with van der Waals surface area (Å²) in [6.45, 7) is 7.02. The van der Waals surface area contributed by atoms with E-state index in [0.29, 0.717) is 51.0 Å². The fraction of sp³-hybridized carbons (Fsp3) is 0.718. The number of benzene rings is 1. The number of para-hydroxylation sites is 1. The van der Waals surface area contributed by atoms with Gasteiger partial charge in [-0.05, 0) is 70.2 Å². The second kappa shape index (κ2) is 15.0. The van der Waals surface area contributed by atoms with Gasteiger partial charge in [-0.25, -0.2) is 0 Å². The number of hydrogen-bond acceptors (Lipinski definition) is 10. The van der Waals surface area contributed by atoms with Gasteiger partial charge in [-0.2, -0.15) is 5.26 Å². The molecule has 0 bridgehead atoms. The van der Waals surface area contributed by atoms with Crippen LogP contribution in [0, 0.1) is 22.7 Å². The maximum atomic E-state index is 15.5. The summed E-state index contributed by atoms with van der Waals surface area (Å²) in [4.78, 5) is 35.0. The molecule has 1 aromatic carbocycles. The van der Waals surface area contributed by atoms with E-state index < -0.39 is 23.4 Å². The number of ether oxygens (including phenoxy) is 3. The van der Waals surface area contributed by atoms with Crippen LogP contribution in [0.1, 0.15) is 88.7 Å².